The predicted octanol–water partition coefficient (Wildman–Crippen LogP) is 1.25. The summed E-state index contributed by atoms with van der Waals surface area (Å²) in [7, 11) is 0. The van der Waals surface area contributed by atoms with Gasteiger partial charge in [0.15, 0.2) is 0 Å². The van der Waals surface area contributed by atoms with Crippen LogP contribution in [-0.2, 0) is 4.79 Å². The van der Waals surface area contributed by atoms with Gasteiger partial charge in [0.1, 0.15) is 5.54 Å². The van der Waals surface area contributed by atoms with Crippen LogP contribution in [-0.4, -0.2) is 71.7 Å². The first-order valence-electron chi connectivity index (χ1n) is 7.87. The molecule has 0 aromatic heterocycles. The molecular formula is C15H31N3O2. The molecule has 5 nitrogen and oxygen atoms in total. The van der Waals surface area contributed by atoms with Gasteiger partial charge in [0.05, 0.1) is 0 Å². The van der Waals surface area contributed by atoms with E-state index in [0.29, 0.717) is 19.0 Å². The van der Waals surface area contributed by atoms with Gasteiger partial charge in [-0.1, -0.05) is 13.8 Å². The second-order valence-corrected chi connectivity index (χ2v) is 6.10. The Hall–Kier alpha value is -0.650. The molecule has 1 aliphatic heterocycles. The average molecular weight is 285 g/mol. The van der Waals surface area contributed by atoms with Gasteiger partial charge >= 0.3 is 5.97 Å². The van der Waals surface area contributed by atoms with E-state index in [1.807, 2.05) is 6.92 Å². The molecule has 0 amide bonds. The van der Waals surface area contributed by atoms with Crippen LogP contribution in [0, 0.1) is 0 Å². The van der Waals surface area contributed by atoms with E-state index in [4.69, 9.17) is 0 Å². The van der Waals surface area contributed by atoms with Gasteiger partial charge in [-0.2, -0.15) is 0 Å². The highest BCUT2D eigenvalue weighted by Gasteiger charge is 2.35. The van der Waals surface area contributed by atoms with Gasteiger partial charge in [-0.25, -0.2) is 0 Å². The molecule has 0 radical (unpaired) electrons. The van der Waals surface area contributed by atoms with Crippen molar-refractivity contribution in [3.05, 3.63) is 0 Å². The molecule has 118 valence electrons. The molecule has 1 rings (SSSR count). The molecule has 2 atom stereocenters. The number of likely N-dealkylation sites (N-methyl/N-ethyl adjacent to an activating group) is 1. The molecule has 1 saturated heterocycles. The Kier molecular flexibility index (Phi) is 6.92. The highest BCUT2D eigenvalue weighted by molar-refractivity contribution is 5.78. The molecule has 1 heterocycles. The SMILES string of the molecule is CCCN1CCN(C(C)CC(C)(NCC)C(=O)O)CC1. The summed E-state index contributed by atoms with van der Waals surface area (Å²) in [5.41, 5.74) is -0.825. The van der Waals surface area contributed by atoms with Crippen molar-refractivity contribution in [2.75, 3.05) is 39.3 Å². The van der Waals surface area contributed by atoms with Gasteiger partial charge in [-0.15, -0.1) is 0 Å². The monoisotopic (exact) mass is 285 g/mol. The van der Waals surface area contributed by atoms with Crippen molar-refractivity contribution in [1.82, 2.24) is 15.1 Å². The molecule has 0 spiro atoms. The van der Waals surface area contributed by atoms with E-state index >= 15 is 0 Å². The fourth-order valence-corrected chi connectivity index (χ4v) is 3.09. The summed E-state index contributed by atoms with van der Waals surface area (Å²) in [4.78, 5) is 16.4. The van der Waals surface area contributed by atoms with Crippen molar-refractivity contribution in [2.24, 2.45) is 0 Å². The Morgan fingerprint density at radius 3 is 2.35 bits per heavy atom. The third kappa shape index (κ3) is 4.72. The van der Waals surface area contributed by atoms with Gasteiger partial charge < -0.3 is 15.3 Å². The highest BCUT2D eigenvalue weighted by Crippen LogP contribution is 2.18. The molecule has 1 aliphatic rings. The summed E-state index contributed by atoms with van der Waals surface area (Å²) in [6.45, 7) is 14.3. The molecule has 0 aliphatic carbocycles. The minimum atomic E-state index is -0.825. The van der Waals surface area contributed by atoms with Crippen LogP contribution in [0.4, 0.5) is 0 Å². The number of rotatable bonds is 8. The Balaban J connectivity index is 2.50. The second-order valence-electron chi connectivity index (χ2n) is 6.10. The van der Waals surface area contributed by atoms with E-state index in [1.54, 1.807) is 6.92 Å². The molecule has 0 bridgehead atoms. The van der Waals surface area contributed by atoms with Crippen molar-refractivity contribution < 1.29 is 9.90 Å². The van der Waals surface area contributed by atoms with Crippen LogP contribution < -0.4 is 5.32 Å². The molecule has 1 fully saturated rings. The zero-order valence-corrected chi connectivity index (χ0v) is 13.5. The Labute approximate surface area is 123 Å². The predicted molar refractivity (Wildman–Crippen MR) is 82.1 cm³/mol. The number of aliphatic carboxylic acids is 1. The molecule has 2 unspecified atom stereocenters. The zero-order chi connectivity index (χ0) is 15.2. The first-order chi connectivity index (χ1) is 9.42. The second kappa shape index (κ2) is 7.96. The van der Waals surface area contributed by atoms with Gasteiger partial charge in [-0.3, -0.25) is 9.69 Å². The summed E-state index contributed by atoms with van der Waals surface area (Å²) >= 11 is 0. The number of hydrogen-bond acceptors (Lipinski definition) is 4. The Morgan fingerprint density at radius 1 is 1.30 bits per heavy atom. The van der Waals surface area contributed by atoms with Gasteiger partial charge in [0.2, 0.25) is 0 Å². The van der Waals surface area contributed by atoms with Crippen molar-refractivity contribution in [3.8, 4) is 0 Å². The van der Waals surface area contributed by atoms with Crippen LogP contribution in [0.15, 0.2) is 0 Å². The number of carboxylic acid groups (broad SMARTS) is 1. The fourth-order valence-electron chi connectivity index (χ4n) is 3.09. The molecule has 0 aromatic carbocycles. The highest BCUT2D eigenvalue weighted by atomic mass is 16.4. The maximum atomic E-state index is 11.5. The summed E-state index contributed by atoms with van der Waals surface area (Å²) < 4.78 is 0. The average Bonchev–Trinajstić information content (AvgIpc) is 2.40. The Morgan fingerprint density at radius 2 is 1.90 bits per heavy atom. The normalized spacial score (nSPS) is 22.4. The fraction of sp³-hybridized carbons (Fsp3) is 0.933. The molecule has 2 N–H and O–H groups in total. The first kappa shape index (κ1) is 17.4. The minimum Gasteiger partial charge on any atom is -0.480 e. The number of nitrogens with zero attached hydrogens (tertiary/aromatic N) is 2. The number of piperazine rings is 1. The first-order valence-corrected chi connectivity index (χ1v) is 7.87. The molecule has 0 saturated carbocycles. The minimum absolute atomic E-state index is 0.291. The van der Waals surface area contributed by atoms with Gasteiger partial charge in [0, 0.05) is 32.2 Å². The summed E-state index contributed by atoms with van der Waals surface area (Å²) in [6, 6.07) is 0.291. The van der Waals surface area contributed by atoms with E-state index in [0.717, 1.165) is 26.2 Å². The van der Waals surface area contributed by atoms with Gasteiger partial charge in [-0.05, 0) is 39.8 Å². The molecule has 20 heavy (non-hydrogen) atoms. The molecular weight excluding hydrogens is 254 g/mol. The van der Waals surface area contributed by atoms with E-state index in [2.05, 4.69) is 29.0 Å². The maximum Gasteiger partial charge on any atom is 0.323 e. The third-order valence-corrected chi connectivity index (χ3v) is 4.31. The number of carbonyl (C=O) groups is 1. The van der Waals surface area contributed by atoms with Crippen LogP contribution in [0.25, 0.3) is 0 Å². The molecule has 5 heteroatoms. The number of hydrogen-bond donors (Lipinski definition) is 2. The maximum absolute atomic E-state index is 11.5. The lowest BCUT2D eigenvalue weighted by Crippen LogP contribution is -2.56. The lowest BCUT2D eigenvalue weighted by Gasteiger charge is -2.40. The number of carboxylic acids is 1. The van der Waals surface area contributed by atoms with Crippen molar-refractivity contribution in [3.63, 3.8) is 0 Å². The summed E-state index contributed by atoms with van der Waals surface area (Å²) in [5.74, 6) is -0.754. The van der Waals surface area contributed by atoms with E-state index in [-0.39, 0.29) is 0 Å². The van der Waals surface area contributed by atoms with Crippen molar-refractivity contribution in [2.45, 2.75) is 52.1 Å². The van der Waals surface area contributed by atoms with Crippen LogP contribution in [0.1, 0.15) is 40.5 Å². The summed E-state index contributed by atoms with van der Waals surface area (Å²) in [5, 5.41) is 12.6. The van der Waals surface area contributed by atoms with Gasteiger partial charge in [0.25, 0.3) is 0 Å². The summed E-state index contributed by atoms with van der Waals surface area (Å²) in [6.07, 6.45) is 1.84. The zero-order valence-electron chi connectivity index (χ0n) is 13.5. The van der Waals surface area contributed by atoms with Crippen LogP contribution in [0.2, 0.25) is 0 Å². The quantitative estimate of drug-likeness (QED) is 0.703. The van der Waals surface area contributed by atoms with Crippen LogP contribution in [0.5, 0.6) is 0 Å². The number of nitrogens with one attached hydrogen (secondary N) is 1. The standard InChI is InChI=1S/C15H31N3O2/c1-5-7-17-8-10-18(11-9-17)13(3)12-15(4,14(19)20)16-6-2/h13,16H,5-12H2,1-4H3,(H,19,20). The van der Waals surface area contributed by atoms with E-state index in [1.165, 1.54) is 13.0 Å². The van der Waals surface area contributed by atoms with E-state index in [9.17, 15) is 9.90 Å². The van der Waals surface area contributed by atoms with Crippen molar-refractivity contribution >= 4 is 5.97 Å². The largest absolute Gasteiger partial charge is 0.480 e. The lowest BCUT2D eigenvalue weighted by atomic mass is 9.92. The van der Waals surface area contributed by atoms with Crippen LogP contribution in [0.3, 0.4) is 0 Å². The van der Waals surface area contributed by atoms with Crippen molar-refractivity contribution in [1.29, 1.82) is 0 Å². The van der Waals surface area contributed by atoms with E-state index < -0.39 is 11.5 Å². The van der Waals surface area contributed by atoms with Crippen LogP contribution >= 0.6 is 0 Å². The smallest absolute Gasteiger partial charge is 0.323 e. The molecule has 0 aromatic rings. The topological polar surface area (TPSA) is 55.8 Å². The third-order valence-electron chi connectivity index (χ3n) is 4.31. The Bertz CT molecular complexity index is 303. The lowest BCUT2D eigenvalue weighted by molar-refractivity contribution is -0.145.